The molecule has 26 heavy (non-hydrogen) atoms. The van der Waals surface area contributed by atoms with Crippen molar-refractivity contribution in [2.45, 2.75) is 39.2 Å². The molecule has 0 bridgehead atoms. The number of anilines is 1. The Hall–Kier alpha value is -1.75. The van der Waals surface area contributed by atoms with E-state index >= 15 is 0 Å². The smallest absolute Gasteiger partial charge is 0.314 e. The van der Waals surface area contributed by atoms with Crippen LogP contribution in [0.3, 0.4) is 0 Å². The monoisotopic (exact) mass is 358 g/mol. The zero-order chi connectivity index (χ0) is 18.4. The largest absolute Gasteiger partial charge is 0.371 e. The van der Waals surface area contributed by atoms with Crippen molar-refractivity contribution in [1.82, 2.24) is 15.5 Å². The maximum Gasteiger partial charge on any atom is 0.314 e. The first-order chi connectivity index (χ1) is 12.6. The number of likely N-dealkylation sites (tertiary alicyclic amines) is 1. The molecule has 2 aliphatic heterocycles. The Kier molecular flexibility index (Phi) is 6.78. The van der Waals surface area contributed by atoms with Crippen LogP contribution in [0.15, 0.2) is 30.3 Å². The maximum absolute atomic E-state index is 12.1. The van der Waals surface area contributed by atoms with E-state index in [4.69, 9.17) is 0 Å². The average Bonchev–Trinajstić information content (AvgIpc) is 3.15. The molecule has 1 aromatic rings. The van der Waals surface area contributed by atoms with Crippen molar-refractivity contribution in [3.63, 3.8) is 0 Å². The van der Waals surface area contributed by atoms with Gasteiger partial charge in [-0.05, 0) is 63.2 Å². The lowest BCUT2D eigenvalue weighted by molar-refractivity contribution is 0.145. The molecule has 0 radical (unpaired) electrons. The number of hydrogen-bond donors (Lipinski definition) is 2. The van der Waals surface area contributed by atoms with E-state index in [0.29, 0.717) is 12.0 Å². The second kappa shape index (κ2) is 9.26. The first-order valence-electron chi connectivity index (χ1n) is 10.2. The molecule has 5 nitrogen and oxygen atoms in total. The quantitative estimate of drug-likeness (QED) is 0.822. The lowest BCUT2D eigenvalue weighted by Crippen LogP contribution is -2.48. The van der Waals surface area contributed by atoms with Gasteiger partial charge in [0.25, 0.3) is 0 Å². The Bertz CT molecular complexity index is 556. The Morgan fingerprint density at radius 1 is 1.12 bits per heavy atom. The van der Waals surface area contributed by atoms with E-state index in [-0.39, 0.29) is 6.03 Å². The summed E-state index contributed by atoms with van der Waals surface area (Å²) in [6.45, 7) is 10.4. The average molecular weight is 359 g/mol. The molecule has 2 N–H and O–H groups in total. The predicted molar refractivity (Wildman–Crippen MR) is 108 cm³/mol. The number of para-hydroxylation sites is 1. The summed E-state index contributed by atoms with van der Waals surface area (Å²) in [5, 5.41) is 6.12. The molecule has 5 heteroatoms. The molecule has 144 valence electrons. The zero-order valence-electron chi connectivity index (χ0n) is 16.3. The van der Waals surface area contributed by atoms with E-state index in [1.807, 2.05) is 0 Å². The lowest BCUT2D eigenvalue weighted by atomic mass is 9.98. The number of carbonyl (C=O) groups is 1. The summed E-state index contributed by atoms with van der Waals surface area (Å²) in [4.78, 5) is 17.0. The minimum absolute atomic E-state index is 0.0274. The molecule has 2 amide bonds. The molecule has 2 atom stereocenters. The van der Waals surface area contributed by atoms with Crippen molar-refractivity contribution in [2.24, 2.45) is 11.8 Å². The van der Waals surface area contributed by atoms with Gasteiger partial charge in [0.15, 0.2) is 0 Å². The molecule has 1 aromatic carbocycles. The minimum Gasteiger partial charge on any atom is -0.371 e. The molecule has 0 aliphatic carbocycles. The van der Waals surface area contributed by atoms with Crippen LogP contribution in [0.4, 0.5) is 10.5 Å². The van der Waals surface area contributed by atoms with Gasteiger partial charge in [-0.3, -0.25) is 4.90 Å². The Morgan fingerprint density at radius 2 is 1.85 bits per heavy atom. The van der Waals surface area contributed by atoms with E-state index in [0.717, 1.165) is 51.6 Å². The summed E-state index contributed by atoms with van der Waals surface area (Å²) in [5.41, 5.74) is 1.28. The van der Waals surface area contributed by atoms with Crippen LogP contribution in [0.1, 0.15) is 33.1 Å². The number of benzene rings is 1. The first-order valence-corrected chi connectivity index (χ1v) is 10.2. The van der Waals surface area contributed by atoms with Crippen LogP contribution in [0.5, 0.6) is 0 Å². The van der Waals surface area contributed by atoms with Crippen LogP contribution >= 0.6 is 0 Å². The number of piperidine rings is 1. The van der Waals surface area contributed by atoms with Crippen LogP contribution in [-0.4, -0.2) is 56.2 Å². The number of rotatable bonds is 6. The second-order valence-electron chi connectivity index (χ2n) is 8.09. The fraction of sp³-hybridized carbons (Fsp3) is 0.667. The predicted octanol–water partition coefficient (Wildman–Crippen LogP) is 2.93. The van der Waals surface area contributed by atoms with Gasteiger partial charge < -0.3 is 15.5 Å². The van der Waals surface area contributed by atoms with Crippen molar-refractivity contribution in [2.75, 3.05) is 44.2 Å². The van der Waals surface area contributed by atoms with Crippen LogP contribution in [0.25, 0.3) is 0 Å². The van der Waals surface area contributed by atoms with Gasteiger partial charge in [0.05, 0.1) is 0 Å². The fourth-order valence-corrected chi connectivity index (χ4v) is 4.01. The van der Waals surface area contributed by atoms with Gasteiger partial charge in [-0.15, -0.1) is 0 Å². The van der Waals surface area contributed by atoms with Crippen LogP contribution in [0.2, 0.25) is 0 Å². The molecule has 0 spiro atoms. The summed E-state index contributed by atoms with van der Waals surface area (Å²) < 4.78 is 0. The highest BCUT2D eigenvalue weighted by Gasteiger charge is 2.23. The second-order valence-corrected chi connectivity index (χ2v) is 8.09. The van der Waals surface area contributed by atoms with Gasteiger partial charge in [-0.25, -0.2) is 4.79 Å². The lowest BCUT2D eigenvalue weighted by Gasteiger charge is -2.35. The number of amides is 2. The third kappa shape index (κ3) is 5.37. The molecule has 2 aliphatic rings. The molecule has 0 aromatic heterocycles. The van der Waals surface area contributed by atoms with Crippen molar-refractivity contribution < 1.29 is 4.79 Å². The Labute approximate surface area is 158 Å². The van der Waals surface area contributed by atoms with E-state index in [9.17, 15) is 4.79 Å². The molecule has 0 unspecified atom stereocenters. The third-order valence-electron chi connectivity index (χ3n) is 5.96. The normalized spacial score (nSPS) is 23.0. The fourth-order valence-electron chi connectivity index (χ4n) is 4.01. The van der Waals surface area contributed by atoms with E-state index in [1.54, 1.807) is 0 Å². The van der Waals surface area contributed by atoms with Gasteiger partial charge in [0, 0.05) is 37.9 Å². The van der Waals surface area contributed by atoms with Gasteiger partial charge in [-0.1, -0.05) is 25.1 Å². The minimum atomic E-state index is -0.0274. The summed E-state index contributed by atoms with van der Waals surface area (Å²) >= 11 is 0. The van der Waals surface area contributed by atoms with E-state index in [1.165, 1.54) is 18.5 Å². The number of nitrogens with one attached hydrogen (secondary N) is 2. The molecular formula is C21H34N4O. The number of hydrogen-bond acceptors (Lipinski definition) is 3. The summed E-state index contributed by atoms with van der Waals surface area (Å²) in [7, 11) is 0. The molecule has 0 saturated carbocycles. The topological polar surface area (TPSA) is 47.6 Å². The van der Waals surface area contributed by atoms with E-state index < -0.39 is 0 Å². The van der Waals surface area contributed by atoms with Crippen molar-refractivity contribution in [3.05, 3.63) is 30.3 Å². The van der Waals surface area contributed by atoms with Crippen molar-refractivity contribution >= 4 is 11.7 Å². The van der Waals surface area contributed by atoms with Gasteiger partial charge in [0.1, 0.15) is 0 Å². The first kappa shape index (κ1) is 19.0. The third-order valence-corrected chi connectivity index (χ3v) is 5.96. The Morgan fingerprint density at radius 3 is 2.58 bits per heavy atom. The molecule has 2 fully saturated rings. The highest BCUT2D eigenvalue weighted by Crippen LogP contribution is 2.23. The van der Waals surface area contributed by atoms with Crippen LogP contribution in [-0.2, 0) is 0 Å². The summed E-state index contributed by atoms with van der Waals surface area (Å²) in [5.74, 6) is 1.37. The van der Waals surface area contributed by atoms with Gasteiger partial charge in [-0.2, -0.15) is 0 Å². The highest BCUT2D eigenvalue weighted by atomic mass is 16.2. The van der Waals surface area contributed by atoms with Gasteiger partial charge in [0.2, 0.25) is 0 Å². The van der Waals surface area contributed by atoms with Crippen molar-refractivity contribution in [1.29, 1.82) is 0 Å². The number of urea groups is 1. The van der Waals surface area contributed by atoms with Crippen LogP contribution < -0.4 is 15.5 Å². The SMILES string of the molecule is CC1CCN([C@@H](C)CNC(=O)NC[C@@H]2CCN(c3ccccc3)C2)CC1. The van der Waals surface area contributed by atoms with Gasteiger partial charge >= 0.3 is 6.03 Å². The molecule has 2 heterocycles. The van der Waals surface area contributed by atoms with Crippen LogP contribution in [0, 0.1) is 11.8 Å². The highest BCUT2D eigenvalue weighted by molar-refractivity contribution is 5.73. The standard InChI is InChI=1S/C21H34N4O/c1-17-8-11-24(12-9-17)18(2)14-22-21(26)23-15-19-10-13-25(16-19)20-6-4-3-5-7-20/h3-7,17-19H,8-16H2,1-2H3,(H2,22,23,26)/t18-,19-/m0/s1. The van der Waals surface area contributed by atoms with Crippen molar-refractivity contribution in [3.8, 4) is 0 Å². The summed E-state index contributed by atoms with van der Waals surface area (Å²) in [6, 6.07) is 10.9. The Balaban J connectivity index is 1.32. The van der Waals surface area contributed by atoms with E-state index in [2.05, 4.69) is 64.6 Å². The number of nitrogens with zero attached hydrogens (tertiary/aromatic N) is 2. The molecule has 2 saturated heterocycles. The molecular weight excluding hydrogens is 324 g/mol. The zero-order valence-corrected chi connectivity index (χ0v) is 16.3. The number of carbonyl (C=O) groups excluding carboxylic acids is 1. The maximum atomic E-state index is 12.1. The molecule has 3 rings (SSSR count). The summed E-state index contributed by atoms with van der Waals surface area (Å²) in [6.07, 6.45) is 3.68.